The van der Waals surface area contributed by atoms with Crippen molar-refractivity contribution in [2.75, 3.05) is 13.1 Å². The van der Waals surface area contributed by atoms with Crippen molar-refractivity contribution in [1.29, 1.82) is 0 Å². The minimum absolute atomic E-state index is 0. The van der Waals surface area contributed by atoms with Crippen molar-refractivity contribution in [3.63, 3.8) is 0 Å². The Kier molecular flexibility index (Phi) is 6.48. The van der Waals surface area contributed by atoms with Crippen LogP contribution in [0.15, 0.2) is 28.4 Å². The van der Waals surface area contributed by atoms with Gasteiger partial charge in [-0.05, 0) is 19.0 Å². The lowest BCUT2D eigenvalue weighted by Crippen LogP contribution is -2.36. The third-order valence-electron chi connectivity index (χ3n) is 2.90. The second-order valence-corrected chi connectivity index (χ2v) is 5.07. The van der Waals surface area contributed by atoms with Crippen molar-refractivity contribution in [1.82, 2.24) is 15.6 Å². The second kappa shape index (κ2) is 7.64. The lowest BCUT2D eigenvalue weighted by Gasteiger charge is -2.09. The van der Waals surface area contributed by atoms with Crippen molar-refractivity contribution >= 4 is 42.1 Å². The van der Waals surface area contributed by atoms with Crippen LogP contribution in [0.1, 0.15) is 16.9 Å². The van der Waals surface area contributed by atoms with E-state index in [2.05, 4.69) is 15.6 Å². The molecule has 1 fully saturated rings. The number of amides is 1. The van der Waals surface area contributed by atoms with Crippen LogP contribution in [0, 0.1) is 0 Å². The average molecular weight is 336 g/mol. The molecule has 0 aromatic carbocycles. The van der Waals surface area contributed by atoms with Crippen LogP contribution in [0.5, 0.6) is 0 Å². The fourth-order valence-corrected chi connectivity index (χ4v) is 2.72. The highest BCUT2D eigenvalue weighted by molar-refractivity contribution is 7.13. The van der Waals surface area contributed by atoms with Crippen molar-refractivity contribution in [3.8, 4) is 10.6 Å². The summed E-state index contributed by atoms with van der Waals surface area (Å²) in [5.41, 5.74) is 1.38. The van der Waals surface area contributed by atoms with Crippen LogP contribution in [-0.4, -0.2) is 30.0 Å². The number of furan rings is 1. The SMILES string of the molecule is Cl.Cl.O=C(NC1CCNC1)c1csc(-c2ccoc2)n1. The molecule has 3 rings (SSSR count). The third-order valence-corrected chi connectivity index (χ3v) is 3.79. The van der Waals surface area contributed by atoms with Gasteiger partial charge in [0.15, 0.2) is 0 Å². The molecule has 1 saturated heterocycles. The zero-order chi connectivity index (χ0) is 12.4. The minimum Gasteiger partial charge on any atom is -0.472 e. The Labute approximate surface area is 133 Å². The lowest BCUT2D eigenvalue weighted by atomic mass is 10.2. The van der Waals surface area contributed by atoms with Crippen LogP contribution in [0.3, 0.4) is 0 Å². The molecule has 8 heteroatoms. The van der Waals surface area contributed by atoms with Gasteiger partial charge in [-0.3, -0.25) is 4.79 Å². The van der Waals surface area contributed by atoms with Crippen LogP contribution in [0.2, 0.25) is 0 Å². The number of carbonyl (C=O) groups excluding carboxylic acids is 1. The number of hydrogen-bond donors (Lipinski definition) is 2. The van der Waals surface area contributed by atoms with Gasteiger partial charge < -0.3 is 15.1 Å². The molecule has 2 aromatic heterocycles. The Morgan fingerprint density at radius 2 is 2.35 bits per heavy atom. The molecule has 3 heterocycles. The monoisotopic (exact) mass is 335 g/mol. The van der Waals surface area contributed by atoms with E-state index in [1.54, 1.807) is 17.9 Å². The van der Waals surface area contributed by atoms with Gasteiger partial charge in [0.2, 0.25) is 0 Å². The lowest BCUT2D eigenvalue weighted by molar-refractivity contribution is 0.0936. The fraction of sp³-hybridized carbons (Fsp3) is 0.333. The Morgan fingerprint density at radius 1 is 1.50 bits per heavy atom. The summed E-state index contributed by atoms with van der Waals surface area (Å²) in [6.45, 7) is 1.80. The predicted molar refractivity (Wildman–Crippen MR) is 83.1 cm³/mol. The van der Waals surface area contributed by atoms with E-state index in [1.165, 1.54) is 11.3 Å². The van der Waals surface area contributed by atoms with Gasteiger partial charge in [-0.25, -0.2) is 4.98 Å². The molecule has 0 bridgehead atoms. The quantitative estimate of drug-likeness (QED) is 0.903. The number of thiazole rings is 1. The largest absolute Gasteiger partial charge is 0.472 e. The number of halogens is 2. The van der Waals surface area contributed by atoms with Gasteiger partial charge in [-0.2, -0.15) is 0 Å². The number of rotatable bonds is 3. The summed E-state index contributed by atoms with van der Waals surface area (Å²) in [4.78, 5) is 16.3. The second-order valence-electron chi connectivity index (χ2n) is 4.21. The van der Waals surface area contributed by atoms with Gasteiger partial charge in [0.25, 0.3) is 5.91 Å². The van der Waals surface area contributed by atoms with Gasteiger partial charge in [-0.15, -0.1) is 36.2 Å². The first-order valence-electron chi connectivity index (χ1n) is 5.82. The summed E-state index contributed by atoms with van der Waals surface area (Å²) in [5.74, 6) is -0.102. The van der Waals surface area contributed by atoms with E-state index in [9.17, 15) is 4.79 Å². The van der Waals surface area contributed by atoms with E-state index in [1.807, 2.05) is 6.07 Å². The molecule has 0 radical (unpaired) electrons. The molecule has 1 aliphatic heterocycles. The molecule has 1 amide bonds. The highest BCUT2D eigenvalue weighted by Crippen LogP contribution is 2.23. The first-order valence-corrected chi connectivity index (χ1v) is 6.70. The van der Waals surface area contributed by atoms with E-state index in [4.69, 9.17) is 4.42 Å². The van der Waals surface area contributed by atoms with Crippen LogP contribution >= 0.6 is 36.2 Å². The standard InChI is InChI=1S/C12H13N3O2S.2ClH/c16-11(14-9-1-3-13-5-9)10-7-18-12(15-10)8-2-4-17-6-8;;/h2,4,6-7,9,13H,1,3,5H2,(H,14,16);2*1H. The summed E-state index contributed by atoms with van der Waals surface area (Å²) in [6, 6.07) is 2.05. The number of nitrogens with one attached hydrogen (secondary N) is 2. The maximum absolute atomic E-state index is 12.0. The highest BCUT2D eigenvalue weighted by atomic mass is 35.5. The van der Waals surface area contributed by atoms with Crippen molar-refractivity contribution in [2.45, 2.75) is 12.5 Å². The van der Waals surface area contributed by atoms with Gasteiger partial charge in [0, 0.05) is 23.5 Å². The van der Waals surface area contributed by atoms with E-state index in [0.29, 0.717) is 5.69 Å². The van der Waals surface area contributed by atoms with Crippen molar-refractivity contribution in [2.24, 2.45) is 0 Å². The minimum atomic E-state index is -0.102. The fourth-order valence-electron chi connectivity index (χ4n) is 1.93. The van der Waals surface area contributed by atoms with E-state index >= 15 is 0 Å². The summed E-state index contributed by atoms with van der Waals surface area (Å²) < 4.78 is 5.00. The molecular weight excluding hydrogens is 321 g/mol. The molecule has 0 aliphatic carbocycles. The maximum atomic E-state index is 12.0. The molecule has 1 unspecified atom stereocenters. The summed E-state index contributed by atoms with van der Waals surface area (Å²) in [7, 11) is 0. The smallest absolute Gasteiger partial charge is 0.271 e. The zero-order valence-electron chi connectivity index (χ0n) is 10.5. The molecule has 1 atom stereocenters. The molecular formula is C12H15Cl2N3O2S. The molecule has 1 aliphatic rings. The highest BCUT2D eigenvalue weighted by Gasteiger charge is 2.19. The number of nitrogens with zero attached hydrogens (tertiary/aromatic N) is 1. The Morgan fingerprint density at radius 3 is 3.00 bits per heavy atom. The van der Waals surface area contributed by atoms with E-state index < -0.39 is 0 Å². The average Bonchev–Trinajstić information content (AvgIpc) is 3.11. The first-order chi connectivity index (χ1) is 8.83. The molecule has 20 heavy (non-hydrogen) atoms. The molecule has 110 valence electrons. The van der Waals surface area contributed by atoms with Crippen molar-refractivity contribution < 1.29 is 9.21 Å². The zero-order valence-corrected chi connectivity index (χ0v) is 12.9. The van der Waals surface area contributed by atoms with Crippen LogP contribution in [-0.2, 0) is 0 Å². The summed E-state index contributed by atoms with van der Waals surface area (Å²) in [6.07, 6.45) is 4.20. The first kappa shape index (κ1) is 17.0. The van der Waals surface area contributed by atoms with E-state index in [-0.39, 0.29) is 36.8 Å². The Hall–Kier alpha value is -1.08. The number of aromatic nitrogens is 1. The maximum Gasteiger partial charge on any atom is 0.271 e. The van der Waals surface area contributed by atoms with Gasteiger partial charge in [-0.1, -0.05) is 0 Å². The van der Waals surface area contributed by atoms with Crippen LogP contribution in [0.25, 0.3) is 10.6 Å². The number of carbonyl (C=O) groups is 1. The predicted octanol–water partition coefficient (Wildman–Crippen LogP) is 2.34. The van der Waals surface area contributed by atoms with Gasteiger partial charge >= 0.3 is 0 Å². The van der Waals surface area contributed by atoms with Crippen LogP contribution in [0.4, 0.5) is 0 Å². The Bertz CT molecular complexity index is 539. The van der Waals surface area contributed by atoms with Gasteiger partial charge in [0.1, 0.15) is 17.0 Å². The van der Waals surface area contributed by atoms with E-state index in [0.717, 1.165) is 30.1 Å². The normalized spacial score (nSPS) is 17.1. The van der Waals surface area contributed by atoms with Crippen molar-refractivity contribution in [3.05, 3.63) is 29.7 Å². The molecule has 2 aromatic rings. The molecule has 0 spiro atoms. The van der Waals surface area contributed by atoms with Gasteiger partial charge in [0.05, 0.1) is 6.26 Å². The molecule has 2 N–H and O–H groups in total. The molecule has 5 nitrogen and oxygen atoms in total. The summed E-state index contributed by atoms with van der Waals surface area (Å²) in [5, 5.41) is 8.77. The Balaban J connectivity index is 0.000001000. The summed E-state index contributed by atoms with van der Waals surface area (Å²) >= 11 is 1.45. The third kappa shape index (κ3) is 3.73. The molecule has 0 saturated carbocycles. The number of hydrogen-bond acceptors (Lipinski definition) is 5. The topological polar surface area (TPSA) is 67.2 Å². The van der Waals surface area contributed by atoms with Crippen LogP contribution < -0.4 is 10.6 Å².